The summed E-state index contributed by atoms with van der Waals surface area (Å²) in [6, 6.07) is 0. The van der Waals surface area contributed by atoms with Crippen LogP contribution in [-0.4, -0.2) is 13.0 Å². The molecule has 0 N–H and O–H groups in total. The lowest BCUT2D eigenvalue weighted by Gasteiger charge is -1.75. The highest BCUT2D eigenvalue weighted by molar-refractivity contribution is 5.86. The first-order valence-electron chi connectivity index (χ1n) is 2.06. The minimum atomic E-state index is -0.428. The smallest absolute Gasteiger partial charge is 0.207 e. The summed E-state index contributed by atoms with van der Waals surface area (Å²) >= 11 is 0. The van der Waals surface area contributed by atoms with Gasteiger partial charge in [0.05, 0.1) is 0 Å². The Bertz CT molecular complexity index is 94.3. The molecule has 0 aliphatic carbocycles. The van der Waals surface area contributed by atoms with Crippen molar-refractivity contribution in [2.24, 2.45) is 4.99 Å². The van der Waals surface area contributed by atoms with Gasteiger partial charge in [0.1, 0.15) is 0 Å². The van der Waals surface area contributed by atoms with Crippen LogP contribution in [0.2, 0.25) is 0 Å². The zero-order valence-corrected chi connectivity index (χ0v) is 4.48. The van der Waals surface area contributed by atoms with Crippen LogP contribution in [0.15, 0.2) is 17.1 Å². The highest BCUT2D eigenvalue weighted by Gasteiger charge is 1.78. The van der Waals surface area contributed by atoms with Crippen molar-refractivity contribution in [3.8, 4) is 0 Å². The summed E-state index contributed by atoms with van der Waals surface area (Å²) in [5.41, 5.74) is 0. The molecule has 2 heteroatoms. The third kappa shape index (κ3) is 3.16. The van der Waals surface area contributed by atoms with E-state index in [-0.39, 0.29) is 0 Å². The standard InChI is InChI=1S/C5H8FN/c1-3-4-5(6)7-2/h3-4H,1-2H3. The van der Waals surface area contributed by atoms with E-state index in [9.17, 15) is 4.39 Å². The van der Waals surface area contributed by atoms with E-state index >= 15 is 0 Å². The largest absolute Gasteiger partial charge is 0.261 e. The molecule has 0 rings (SSSR count). The fourth-order valence-corrected chi connectivity index (χ4v) is 0.212. The van der Waals surface area contributed by atoms with Gasteiger partial charge in [0.25, 0.3) is 0 Å². The first kappa shape index (κ1) is 6.34. The topological polar surface area (TPSA) is 12.4 Å². The molecule has 0 spiro atoms. The summed E-state index contributed by atoms with van der Waals surface area (Å²) in [7, 11) is 1.41. The Hall–Kier alpha value is -0.660. The molecule has 0 radical (unpaired) electrons. The van der Waals surface area contributed by atoms with Crippen LogP contribution in [0.1, 0.15) is 6.92 Å². The zero-order chi connectivity index (χ0) is 5.70. The van der Waals surface area contributed by atoms with Gasteiger partial charge in [0, 0.05) is 7.05 Å². The Labute approximate surface area is 42.6 Å². The van der Waals surface area contributed by atoms with Crippen LogP contribution in [0.4, 0.5) is 4.39 Å². The van der Waals surface area contributed by atoms with Crippen LogP contribution in [0.25, 0.3) is 0 Å². The number of allylic oxidation sites excluding steroid dienone is 2. The summed E-state index contributed by atoms with van der Waals surface area (Å²) in [6.07, 6.45) is 2.91. The number of aliphatic imine (C=N–C) groups is 1. The maximum atomic E-state index is 11.8. The van der Waals surface area contributed by atoms with Gasteiger partial charge in [-0.25, -0.2) is 0 Å². The molecule has 0 aromatic carbocycles. The monoisotopic (exact) mass is 101 g/mol. The fraction of sp³-hybridized carbons (Fsp3) is 0.400. The molecule has 0 aromatic rings. The van der Waals surface area contributed by atoms with Crippen molar-refractivity contribution in [2.75, 3.05) is 7.05 Å². The van der Waals surface area contributed by atoms with Crippen molar-refractivity contribution in [3.63, 3.8) is 0 Å². The molecule has 0 atom stereocenters. The van der Waals surface area contributed by atoms with Gasteiger partial charge in [-0.2, -0.15) is 4.39 Å². The van der Waals surface area contributed by atoms with Crippen LogP contribution in [0.5, 0.6) is 0 Å². The number of rotatable bonds is 1. The van der Waals surface area contributed by atoms with Gasteiger partial charge in [-0.05, 0) is 13.0 Å². The van der Waals surface area contributed by atoms with Gasteiger partial charge >= 0.3 is 0 Å². The lowest BCUT2D eigenvalue weighted by Crippen LogP contribution is -1.76. The van der Waals surface area contributed by atoms with Gasteiger partial charge in [-0.15, -0.1) is 0 Å². The zero-order valence-electron chi connectivity index (χ0n) is 4.48. The minimum absolute atomic E-state index is 0.428. The molecule has 0 aliphatic heterocycles. The lowest BCUT2D eigenvalue weighted by molar-refractivity contribution is 0.809. The number of nitrogens with zero attached hydrogens (tertiary/aromatic N) is 1. The number of halogens is 1. The summed E-state index contributed by atoms with van der Waals surface area (Å²) < 4.78 is 11.8. The molecule has 1 nitrogen and oxygen atoms in total. The summed E-state index contributed by atoms with van der Waals surface area (Å²) in [5.74, 6) is -0.428. The highest BCUT2D eigenvalue weighted by atomic mass is 19.1. The van der Waals surface area contributed by atoms with Crippen molar-refractivity contribution in [1.82, 2.24) is 0 Å². The first-order valence-corrected chi connectivity index (χ1v) is 2.06. The molecule has 0 fully saturated rings. The Balaban J connectivity index is 3.58. The molecule has 0 amide bonds. The Morgan fingerprint density at radius 2 is 2.29 bits per heavy atom. The summed E-state index contributed by atoms with van der Waals surface area (Å²) in [5, 5.41) is 0. The van der Waals surface area contributed by atoms with Crippen molar-refractivity contribution in [1.29, 1.82) is 0 Å². The molecule has 0 unspecified atom stereocenters. The maximum Gasteiger partial charge on any atom is 0.207 e. The van der Waals surface area contributed by atoms with E-state index in [4.69, 9.17) is 0 Å². The highest BCUT2D eigenvalue weighted by Crippen LogP contribution is 1.79. The summed E-state index contributed by atoms with van der Waals surface area (Å²) in [4.78, 5) is 3.24. The van der Waals surface area contributed by atoms with E-state index in [1.807, 2.05) is 0 Å². The molecule has 0 saturated carbocycles. The average molecular weight is 101 g/mol. The van der Waals surface area contributed by atoms with Gasteiger partial charge in [-0.3, -0.25) is 4.99 Å². The first-order chi connectivity index (χ1) is 3.31. The Kier molecular flexibility index (Phi) is 3.19. The number of hydrogen-bond acceptors (Lipinski definition) is 1. The second kappa shape index (κ2) is 3.53. The van der Waals surface area contributed by atoms with Crippen molar-refractivity contribution < 1.29 is 4.39 Å². The lowest BCUT2D eigenvalue weighted by atomic mass is 10.5. The van der Waals surface area contributed by atoms with E-state index in [1.54, 1.807) is 13.0 Å². The van der Waals surface area contributed by atoms with Crippen LogP contribution in [0, 0.1) is 0 Å². The molecular weight excluding hydrogens is 93.1 g/mol. The van der Waals surface area contributed by atoms with E-state index in [2.05, 4.69) is 4.99 Å². The van der Waals surface area contributed by atoms with Crippen molar-refractivity contribution in [2.45, 2.75) is 6.92 Å². The SMILES string of the molecule is CC=CC(F)=NC. The van der Waals surface area contributed by atoms with Crippen molar-refractivity contribution >= 4 is 5.97 Å². The normalized spacial score (nSPS) is 13.3. The second-order valence-corrected chi connectivity index (χ2v) is 1.05. The molecule has 40 valence electrons. The molecule has 0 saturated heterocycles. The molecule has 0 aliphatic rings. The average Bonchev–Trinajstić information content (AvgIpc) is 1.68. The Morgan fingerprint density at radius 3 is 2.43 bits per heavy atom. The van der Waals surface area contributed by atoms with Gasteiger partial charge in [0.2, 0.25) is 5.97 Å². The molecule has 0 aromatic heterocycles. The predicted molar refractivity (Wildman–Crippen MR) is 29.3 cm³/mol. The van der Waals surface area contributed by atoms with Crippen LogP contribution >= 0.6 is 0 Å². The minimum Gasteiger partial charge on any atom is -0.261 e. The van der Waals surface area contributed by atoms with Crippen LogP contribution < -0.4 is 0 Å². The molecule has 0 bridgehead atoms. The second-order valence-electron chi connectivity index (χ2n) is 1.05. The van der Waals surface area contributed by atoms with E-state index in [0.29, 0.717) is 0 Å². The van der Waals surface area contributed by atoms with Crippen LogP contribution in [0.3, 0.4) is 0 Å². The van der Waals surface area contributed by atoms with Gasteiger partial charge in [-0.1, -0.05) is 6.08 Å². The van der Waals surface area contributed by atoms with E-state index < -0.39 is 5.97 Å². The van der Waals surface area contributed by atoms with Gasteiger partial charge in [0.15, 0.2) is 0 Å². The molecular formula is C5H8FN. The third-order valence-electron chi connectivity index (χ3n) is 0.518. The fourth-order valence-electron chi connectivity index (χ4n) is 0.212. The summed E-state index contributed by atoms with van der Waals surface area (Å²) in [6.45, 7) is 1.74. The van der Waals surface area contributed by atoms with E-state index in [0.717, 1.165) is 0 Å². The van der Waals surface area contributed by atoms with Crippen LogP contribution in [-0.2, 0) is 0 Å². The molecule has 0 heterocycles. The van der Waals surface area contributed by atoms with Gasteiger partial charge < -0.3 is 0 Å². The maximum absolute atomic E-state index is 11.8. The predicted octanol–water partition coefficient (Wildman–Crippen LogP) is 1.56. The quantitative estimate of drug-likeness (QED) is 0.444. The van der Waals surface area contributed by atoms with E-state index in [1.165, 1.54) is 13.1 Å². The van der Waals surface area contributed by atoms with Crippen molar-refractivity contribution in [3.05, 3.63) is 12.2 Å². The Morgan fingerprint density at radius 1 is 1.71 bits per heavy atom. The molecule has 7 heavy (non-hydrogen) atoms. The number of hydrogen-bond donors (Lipinski definition) is 0. The third-order valence-corrected chi connectivity index (χ3v) is 0.518.